The van der Waals surface area contributed by atoms with Crippen LogP contribution in [0.1, 0.15) is 55.4 Å². The lowest BCUT2D eigenvalue weighted by Gasteiger charge is -2.50. The molecule has 0 N–H and O–H groups in total. The largest absolute Gasteiger partial charge is 0.456 e. The van der Waals surface area contributed by atoms with Crippen LogP contribution in [0.15, 0.2) is 0 Å². The fourth-order valence-electron chi connectivity index (χ4n) is 4.63. The number of hydrogen-bond acceptors (Lipinski definition) is 14. The van der Waals surface area contributed by atoms with E-state index in [-0.39, 0.29) is 0 Å². The molecule has 0 saturated carbocycles. The first kappa shape index (κ1) is 31.0. The van der Waals surface area contributed by atoms with Crippen LogP contribution in [-0.2, 0) is 66.7 Å². The summed E-state index contributed by atoms with van der Waals surface area (Å²) in [5.74, 6) is -4.53. The first-order valence-electron chi connectivity index (χ1n) is 12.0. The summed E-state index contributed by atoms with van der Waals surface area (Å²) in [6.07, 6.45) is -12.3. The van der Waals surface area contributed by atoms with Crippen LogP contribution in [0.4, 0.5) is 0 Å². The van der Waals surface area contributed by atoms with Gasteiger partial charge in [-0.2, -0.15) is 0 Å². The topological polar surface area (TPSA) is 176 Å². The molecule has 0 spiro atoms. The zero-order chi connectivity index (χ0) is 28.9. The zero-order valence-corrected chi connectivity index (χ0v) is 22.5. The molecule has 0 aliphatic carbocycles. The minimum Gasteiger partial charge on any atom is -0.456 e. The number of ether oxygens (including phenoxy) is 8. The van der Waals surface area contributed by atoms with Crippen LogP contribution < -0.4 is 0 Å². The van der Waals surface area contributed by atoms with E-state index in [0.29, 0.717) is 0 Å². The van der Waals surface area contributed by atoms with Gasteiger partial charge in [-0.25, -0.2) is 0 Å². The Balaban J connectivity index is 2.63. The summed E-state index contributed by atoms with van der Waals surface area (Å²) in [5.41, 5.74) is 0. The molecule has 2 fully saturated rings. The molecule has 2 saturated heterocycles. The van der Waals surface area contributed by atoms with Gasteiger partial charge < -0.3 is 37.9 Å². The van der Waals surface area contributed by atoms with Crippen molar-refractivity contribution in [3.63, 3.8) is 0 Å². The number of rotatable bonds is 7. The van der Waals surface area contributed by atoms with E-state index >= 15 is 0 Å². The highest BCUT2D eigenvalue weighted by Gasteiger charge is 2.60. The molecule has 0 amide bonds. The van der Waals surface area contributed by atoms with E-state index in [2.05, 4.69) is 0 Å². The lowest BCUT2D eigenvalue weighted by atomic mass is 9.85. The van der Waals surface area contributed by atoms with Crippen LogP contribution >= 0.6 is 0 Å². The van der Waals surface area contributed by atoms with Gasteiger partial charge in [0, 0.05) is 41.5 Å². The molecular formula is C24H34O14. The first-order valence-corrected chi connectivity index (χ1v) is 12.0. The Morgan fingerprint density at radius 1 is 0.395 bits per heavy atom. The van der Waals surface area contributed by atoms with Gasteiger partial charge in [-0.3, -0.25) is 28.8 Å². The van der Waals surface area contributed by atoms with Crippen LogP contribution in [0, 0.1) is 0 Å². The van der Waals surface area contributed by atoms with Crippen molar-refractivity contribution in [3.8, 4) is 0 Å². The van der Waals surface area contributed by atoms with E-state index in [9.17, 15) is 28.8 Å². The maximum atomic E-state index is 12.1. The quantitative estimate of drug-likeness (QED) is 0.311. The summed E-state index contributed by atoms with van der Waals surface area (Å²) in [6.45, 7) is 9.79. The van der Waals surface area contributed by atoms with Crippen LogP contribution in [-0.4, -0.2) is 96.9 Å². The Morgan fingerprint density at radius 2 is 0.605 bits per heavy atom. The lowest BCUT2D eigenvalue weighted by molar-refractivity contribution is -0.301. The molecule has 14 nitrogen and oxygen atoms in total. The van der Waals surface area contributed by atoms with Gasteiger partial charge in [0.1, 0.15) is 12.2 Å². The lowest BCUT2D eigenvalue weighted by Crippen LogP contribution is -2.70. The zero-order valence-electron chi connectivity index (χ0n) is 22.5. The molecule has 2 aliphatic rings. The second-order valence-electron chi connectivity index (χ2n) is 9.06. The van der Waals surface area contributed by atoms with Crippen LogP contribution in [0.3, 0.4) is 0 Å². The van der Waals surface area contributed by atoms with Crippen molar-refractivity contribution in [2.45, 2.75) is 116 Å². The van der Waals surface area contributed by atoms with Crippen molar-refractivity contribution >= 4 is 35.8 Å². The maximum absolute atomic E-state index is 12.1. The molecule has 0 radical (unpaired) electrons. The Hall–Kier alpha value is -3.26. The van der Waals surface area contributed by atoms with E-state index < -0.39 is 96.9 Å². The van der Waals surface area contributed by atoms with E-state index in [0.717, 1.165) is 41.5 Å². The Kier molecular flexibility index (Phi) is 10.6. The Bertz CT molecular complexity index is 857. The molecule has 2 aliphatic heterocycles. The average Bonchev–Trinajstić information content (AvgIpc) is 2.75. The monoisotopic (exact) mass is 546 g/mol. The second kappa shape index (κ2) is 13.0. The molecule has 214 valence electrons. The summed E-state index contributed by atoms with van der Waals surface area (Å²) in [7, 11) is 0. The minimum atomic E-state index is -1.42. The molecule has 2 heterocycles. The summed E-state index contributed by atoms with van der Waals surface area (Å²) < 4.78 is 44.6. The van der Waals surface area contributed by atoms with Gasteiger partial charge in [-0.05, 0) is 13.8 Å². The first-order chi connectivity index (χ1) is 17.6. The number of esters is 6. The van der Waals surface area contributed by atoms with Crippen molar-refractivity contribution in [1.29, 1.82) is 0 Å². The average molecular weight is 547 g/mol. The van der Waals surface area contributed by atoms with E-state index in [4.69, 9.17) is 37.9 Å². The van der Waals surface area contributed by atoms with E-state index in [1.165, 1.54) is 13.8 Å². The van der Waals surface area contributed by atoms with Gasteiger partial charge in [0.15, 0.2) is 36.6 Å². The van der Waals surface area contributed by atoms with Crippen molar-refractivity contribution in [3.05, 3.63) is 0 Å². The highest BCUT2D eigenvalue weighted by atomic mass is 16.7. The molecule has 10 atom stereocenters. The summed E-state index contributed by atoms with van der Waals surface area (Å²) >= 11 is 0. The van der Waals surface area contributed by atoms with Crippen LogP contribution in [0.2, 0.25) is 0 Å². The Labute approximate surface area is 219 Å². The predicted octanol–water partition coefficient (Wildman–Crippen LogP) is 0.151. The van der Waals surface area contributed by atoms with Crippen molar-refractivity contribution in [1.82, 2.24) is 0 Å². The van der Waals surface area contributed by atoms with Crippen molar-refractivity contribution < 1.29 is 66.7 Å². The highest BCUT2D eigenvalue weighted by Crippen LogP contribution is 2.37. The fraction of sp³-hybridized carbons (Fsp3) is 0.750. The molecule has 2 rings (SSSR count). The third-order valence-electron chi connectivity index (χ3n) is 5.75. The van der Waals surface area contributed by atoms with Gasteiger partial charge in [-0.15, -0.1) is 0 Å². The smallest absolute Gasteiger partial charge is 0.303 e. The molecule has 0 unspecified atom stereocenters. The minimum absolute atomic E-state index is 0.706. The number of carbonyl (C=O) groups is 6. The standard InChI is InChI=1S/C24H34O14/c1-9-17(33-11(3)25)19(35-13(5)27)23(37-15(7)29)21(31-9)22-24(38-16(8)30)20(36-14(6)28)18(10(2)32-22)34-12(4)26/h9-10,17-24H,1-8H3/t9-,10-,17+,18+,19+,20+,21-,22+,23-,24-/m1/s1. The third kappa shape index (κ3) is 7.87. The molecule has 14 heteroatoms. The molecular weight excluding hydrogens is 512 g/mol. The van der Waals surface area contributed by atoms with E-state index in [1.54, 1.807) is 0 Å². The van der Waals surface area contributed by atoms with Gasteiger partial charge in [0.05, 0.1) is 12.2 Å². The molecule has 38 heavy (non-hydrogen) atoms. The Morgan fingerprint density at radius 3 is 0.842 bits per heavy atom. The predicted molar refractivity (Wildman–Crippen MR) is 122 cm³/mol. The van der Waals surface area contributed by atoms with E-state index in [1.807, 2.05) is 0 Å². The highest BCUT2D eigenvalue weighted by molar-refractivity contribution is 5.69. The van der Waals surface area contributed by atoms with Gasteiger partial charge in [0.2, 0.25) is 0 Å². The molecule has 0 aromatic rings. The molecule has 0 aromatic carbocycles. The fourth-order valence-corrected chi connectivity index (χ4v) is 4.63. The number of hydrogen-bond donors (Lipinski definition) is 0. The summed E-state index contributed by atoms with van der Waals surface area (Å²) in [4.78, 5) is 71.8. The van der Waals surface area contributed by atoms with Crippen LogP contribution in [0.5, 0.6) is 0 Å². The van der Waals surface area contributed by atoms with Crippen molar-refractivity contribution in [2.24, 2.45) is 0 Å². The maximum Gasteiger partial charge on any atom is 0.303 e. The van der Waals surface area contributed by atoms with Crippen molar-refractivity contribution in [2.75, 3.05) is 0 Å². The second-order valence-corrected chi connectivity index (χ2v) is 9.06. The summed E-state index contributed by atoms with van der Waals surface area (Å²) in [6, 6.07) is 0. The van der Waals surface area contributed by atoms with Crippen LogP contribution in [0.25, 0.3) is 0 Å². The molecule has 0 bridgehead atoms. The van der Waals surface area contributed by atoms with Gasteiger partial charge >= 0.3 is 35.8 Å². The SMILES string of the molecule is CC(=O)O[C@H]1[C@@H]([C@@H]2O[C@H](C)[C@H](OC(C)=O)[C@H](OC(C)=O)[C@H]2OC(C)=O)O[C@H](C)[C@H](OC(C)=O)[C@@H]1OC(C)=O. The third-order valence-corrected chi connectivity index (χ3v) is 5.75. The van der Waals surface area contributed by atoms with Gasteiger partial charge in [0.25, 0.3) is 0 Å². The normalized spacial score (nSPS) is 34.7. The molecule has 0 aromatic heterocycles. The van der Waals surface area contributed by atoms with Gasteiger partial charge in [-0.1, -0.05) is 0 Å². The number of carbonyl (C=O) groups excluding carboxylic acids is 6. The summed E-state index contributed by atoms with van der Waals surface area (Å²) in [5, 5.41) is 0.